The molecule has 128 valence electrons. The van der Waals surface area contributed by atoms with Crippen LogP contribution >= 0.6 is 11.8 Å². The molecule has 0 bridgehead atoms. The van der Waals surface area contributed by atoms with Gasteiger partial charge in [-0.25, -0.2) is 0 Å². The van der Waals surface area contributed by atoms with Crippen LogP contribution in [0.3, 0.4) is 0 Å². The highest BCUT2D eigenvalue weighted by atomic mass is 32.2. The first-order valence-corrected chi connectivity index (χ1v) is 9.11. The van der Waals surface area contributed by atoms with Gasteiger partial charge in [-0.3, -0.25) is 9.59 Å². The largest absolute Gasteiger partial charge is 0.338 e. The average molecular weight is 344 g/mol. The lowest BCUT2D eigenvalue weighted by molar-refractivity contribution is 0.0772. The summed E-state index contributed by atoms with van der Waals surface area (Å²) in [5, 5.41) is 0. The molecule has 0 aliphatic carbocycles. The molecule has 0 aliphatic rings. The van der Waals surface area contributed by atoms with Crippen molar-refractivity contribution in [2.24, 2.45) is 0 Å². The Hall–Kier alpha value is -2.01. The zero-order valence-corrected chi connectivity index (χ0v) is 15.5. The van der Waals surface area contributed by atoms with Gasteiger partial charge in [0.05, 0.1) is 0 Å². The van der Waals surface area contributed by atoms with Gasteiger partial charge in [-0.2, -0.15) is 0 Å². The van der Waals surface area contributed by atoms with Gasteiger partial charge < -0.3 is 9.88 Å². The number of pyridine rings is 1. The third-order valence-electron chi connectivity index (χ3n) is 4.28. The van der Waals surface area contributed by atoms with Crippen LogP contribution in [-0.4, -0.2) is 34.6 Å². The van der Waals surface area contributed by atoms with Gasteiger partial charge in [-0.1, -0.05) is 18.2 Å². The van der Waals surface area contributed by atoms with Crippen LogP contribution in [0.4, 0.5) is 0 Å². The topological polar surface area (TPSA) is 53.2 Å². The molecule has 0 saturated carbocycles. The van der Waals surface area contributed by atoms with E-state index in [1.165, 1.54) is 4.90 Å². The highest BCUT2D eigenvalue weighted by molar-refractivity contribution is 7.99. The molecular weight excluding hydrogens is 320 g/mol. The van der Waals surface area contributed by atoms with Gasteiger partial charge in [0.2, 0.25) is 0 Å². The summed E-state index contributed by atoms with van der Waals surface area (Å²) in [5.41, 5.74) is 2.53. The predicted molar refractivity (Wildman–Crippen MR) is 100 cm³/mol. The molecule has 5 heteroatoms. The Bertz CT molecular complexity index is 769. The number of aromatic amines is 1. The maximum absolute atomic E-state index is 12.8. The summed E-state index contributed by atoms with van der Waals surface area (Å²) in [6.45, 7) is 8.76. The van der Waals surface area contributed by atoms with Crippen molar-refractivity contribution in [2.75, 3.05) is 18.8 Å². The number of carbonyl (C=O) groups is 1. The summed E-state index contributed by atoms with van der Waals surface area (Å²) in [5.74, 6) is 0.610. The van der Waals surface area contributed by atoms with Crippen molar-refractivity contribution in [3.05, 3.63) is 63.1 Å². The normalized spacial score (nSPS) is 10.7. The maximum atomic E-state index is 12.8. The minimum absolute atomic E-state index is 0.187. The van der Waals surface area contributed by atoms with Crippen molar-refractivity contribution in [1.82, 2.24) is 9.88 Å². The van der Waals surface area contributed by atoms with Crippen LogP contribution in [0.5, 0.6) is 0 Å². The molecule has 2 aromatic rings. The van der Waals surface area contributed by atoms with Gasteiger partial charge in [0.25, 0.3) is 11.5 Å². The molecule has 1 heterocycles. The van der Waals surface area contributed by atoms with Crippen LogP contribution in [0.1, 0.15) is 34.1 Å². The van der Waals surface area contributed by atoms with Gasteiger partial charge in [0, 0.05) is 29.4 Å². The van der Waals surface area contributed by atoms with Crippen molar-refractivity contribution >= 4 is 17.7 Å². The molecule has 0 unspecified atom stereocenters. The van der Waals surface area contributed by atoms with Crippen LogP contribution in [0, 0.1) is 20.8 Å². The number of aryl methyl sites for hydroxylation is 1. The summed E-state index contributed by atoms with van der Waals surface area (Å²) in [6, 6.07) is 10.1. The minimum Gasteiger partial charge on any atom is -0.338 e. The number of hydrogen-bond donors (Lipinski definition) is 1. The quantitative estimate of drug-likeness (QED) is 0.815. The number of hydrogen-bond acceptors (Lipinski definition) is 3. The first kappa shape index (κ1) is 18.3. The first-order valence-electron chi connectivity index (χ1n) is 8.12. The number of carbonyl (C=O) groups excluding carboxylic acids is 1. The summed E-state index contributed by atoms with van der Waals surface area (Å²) in [4.78, 5) is 30.8. The van der Waals surface area contributed by atoms with E-state index in [0.717, 1.165) is 22.6 Å². The predicted octanol–water partition coefficient (Wildman–Crippen LogP) is 3.55. The second-order valence-electron chi connectivity index (χ2n) is 5.75. The Balaban J connectivity index is 2.12. The van der Waals surface area contributed by atoms with Crippen LogP contribution in [-0.2, 0) is 0 Å². The Labute approximate surface area is 147 Å². The average Bonchev–Trinajstić information content (AvgIpc) is 2.57. The molecule has 0 saturated heterocycles. The second-order valence-corrected chi connectivity index (χ2v) is 6.92. The first-order chi connectivity index (χ1) is 11.5. The second kappa shape index (κ2) is 8.20. The van der Waals surface area contributed by atoms with Gasteiger partial charge >= 0.3 is 0 Å². The van der Waals surface area contributed by atoms with Crippen LogP contribution in [0.2, 0.25) is 0 Å². The zero-order chi connectivity index (χ0) is 17.7. The van der Waals surface area contributed by atoms with Gasteiger partial charge in [-0.15, -0.1) is 11.8 Å². The lowest BCUT2D eigenvalue weighted by atomic mass is 10.0. The Morgan fingerprint density at radius 3 is 2.42 bits per heavy atom. The van der Waals surface area contributed by atoms with E-state index in [-0.39, 0.29) is 17.0 Å². The van der Waals surface area contributed by atoms with E-state index in [9.17, 15) is 9.59 Å². The summed E-state index contributed by atoms with van der Waals surface area (Å²) in [6.07, 6.45) is 0. The van der Waals surface area contributed by atoms with E-state index < -0.39 is 0 Å². The Kier molecular flexibility index (Phi) is 6.26. The number of amides is 1. The summed E-state index contributed by atoms with van der Waals surface area (Å²) in [7, 11) is 0. The van der Waals surface area contributed by atoms with E-state index in [1.807, 2.05) is 45.9 Å². The van der Waals surface area contributed by atoms with Crippen molar-refractivity contribution < 1.29 is 4.79 Å². The molecule has 0 fully saturated rings. The number of benzene rings is 1. The molecule has 1 aromatic carbocycles. The van der Waals surface area contributed by atoms with Gasteiger partial charge in [0.1, 0.15) is 5.56 Å². The molecule has 1 amide bonds. The Morgan fingerprint density at radius 2 is 1.79 bits per heavy atom. The Morgan fingerprint density at radius 1 is 1.12 bits per heavy atom. The molecule has 1 N–H and O–H groups in total. The van der Waals surface area contributed by atoms with Crippen LogP contribution < -0.4 is 5.56 Å². The number of thioether (sulfide) groups is 1. The minimum atomic E-state index is -0.297. The fourth-order valence-electron chi connectivity index (χ4n) is 2.57. The highest BCUT2D eigenvalue weighted by Gasteiger charge is 2.21. The summed E-state index contributed by atoms with van der Waals surface area (Å²) < 4.78 is 0. The van der Waals surface area contributed by atoms with Gasteiger partial charge in [0.15, 0.2) is 0 Å². The third kappa shape index (κ3) is 4.09. The molecular formula is C19H24N2O2S. The molecule has 1 aromatic heterocycles. The highest BCUT2D eigenvalue weighted by Crippen LogP contribution is 2.18. The number of nitrogens with zero attached hydrogens (tertiary/aromatic N) is 1. The lowest BCUT2D eigenvalue weighted by Crippen LogP contribution is -2.37. The van der Waals surface area contributed by atoms with Crippen molar-refractivity contribution in [3.63, 3.8) is 0 Å². The van der Waals surface area contributed by atoms with E-state index in [4.69, 9.17) is 0 Å². The molecule has 2 rings (SSSR count). The molecule has 0 spiro atoms. The van der Waals surface area contributed by atoms with Crippen LogP contribution in [0.25, 0.3) is 0 Å². The van der Waals surface area contributed by atoms with E-state index in [1.54, 1.807) is 16.7 Å². The monoisotopic (exact) mass is 344 g/mol. The molecule has 24 heavy (non-hydrogen) atoms. The van der Waals surface area contributed by atoms with Crippen molar-refractivity contribution in [1.29, 1.82) is 0 Å². The fourth-order valence-corrected chi connectivity index (χ4v) is 3.47. The number of rotatable bonds is 6. The number of H-pyrrole nitrogens is 1. The van der Waals surface area contributed by atoms with E-state index in [0.29, 0.717) is 13.1 Å². The number of nitrogens with one attached hydrogen (secondary N) is 1. The van der Waals surface area contributed by atoms with Gasteiger partial charge in [-0.05, 0) is 51.0 Å². The van der Waals surface area contributed by atoms with E-state index >= 15 is 0 Å². The molecule has 4 nitrogen and oxygen atoms in total. The van der Waals surface area contributed by atoms with Crippen molar-refractivity contribution in [3.8, 4) is 0 Å². The molecule has 0 radical (unpaired) electrons. The number of aromatic nitrogens is 1. The third-order valence-corrected chi connectivity index (χ3v) is 5.28. The molecule has 0 atom stereocenters. The SMILES string of the molecule is CCN(CCSc1ccccc1)C(=O)c1c(C)c(C)c(C)[nH]c1=O. The fraction of sp³-hybridized carbons (Fsp3) is 0.368. The van der Waals surface area contributed by atoms with Crippen molar-refractivity contribution in [2.45, 2.75) is 32.6 Å². The lowest BCUT2D eigenvalue weighted by Gasteiger charge is -2.22. The molecule has 0 aliphatic heterocycles. The summed E-state index contributed by atoms with van der Waals surface area (Å²) >= 11 is 1.71. The smallest absolute Gasteiger partial charge is 0.261 e. The standard InChI is InChI=1S/C19H24N2O2S/c1-5-21(11-12-24-16-9-7-6-8-10-16)19(23)17-14(3)13(2)15(4)20-18(17)22/h6-10H,5,11-12H2,1-4H3,(H,20,22). The zero-order valence-electron chi connectivity index (χ0n) is 14.7. The van der Waals surface area contributed by atoms with Crippen LogP contribution in [0.15, 0.2) is 40.0 Å². The maximum Gasteiger partial charge on any atom is 0.261 e. The van der Waals surface area contributed by atoms with E-state index in [2.05, 4.69) is 17.1 Å².